The van der Waals surface area contributed by atoms with E-state index in [-0.39, 0.29) is 11.6 Å². The Kier molecular flexibility index (Phi) is 1.93. The molecule has 4 aliphatic carbocycles. The predicted molar refractivity (Wildman–Crippen MR) is 72.3 cm³/mol. The second kappa shape index (κ2) is 3.51. The Balaban J connectivity index is 1.98. The molecule has 4 aliphatic rings. The fraction of sp³-hybridized carbons (Fsp3) is 0.0588. The summed E-state index contributed by atoms with van der Waals surface area (Å²) in [7, 11) is 0. The van der Waals surface area contributed by atoms with Crippen LogP contribution in [0.15, 0.2) is 82.0 Å². The van der Waals surface area contributed by atoms with Crippen LogP contribution in [0.5, 0.6) is 0 Å². The minimum atomic E-state index is -0.00237. The fourth-order valence-corrected chi connectivity index (χ4v) is 2.97. The van der Waals surface area contributed by atoms with E-state index in [4.69, 9.17) is 0 Å². The van der Waals surface area contributed by atoms with E-state index in [9.17, 15) is 9.59 Å². The molecule has 0 aromatic rings. The summed E-state index contributed by atoms with van der Waals surface area (Å²) in [5.74, 6) is 0.0296. The Bertz CT molecular complexity index is 759. The maximum atomic E-state index is 12.3. The molecule has 0 unspecified atom stereocenters. The Labute approximate surface area is 110 Å². The third kappa shape index (κ3) is 1.37. The lowest BCUT2D eigenvalue weighted by molar-refractivity contribution is -0.112. The van der Waals surface area contributed by atoms with Gasteiger partial charge in [0.1, 0.15) is 0 Å². The second-order valence-corrected chi connectivity index (χ2v) is 4.92. The van der Waals surface area contributed by atoms with Crippen LogP contribution in [0.1, 0.15) is 6.42 Å². The average molecular weight is 246 g/mol. The smallest absolute Gasteiger partial charge is 0.187 e. The van der Waals surface area contributed by atoms with Crippen LogP contribution in [0.4, 0.5) is 0 Å². The summed E-state index contributed by atoms with van der Waals surface area (Å²) in [6.45, 7) is 0. The molecular weight excluding hydrogens is 236 g/mol. The van der Waals surface area contributed by atoms with Gasteiger partial charge < -0.3 is 0 Å². The van der Waals surface area contributed by atoms with Crippen LogP contribution < -0.4 is 0 Å². The molecule has 0 bridgehead atoms. The van der Waals surface area contributed by atoms with E-state index in [0.717, 1.165) is 33.4 Å². The van der Waals surface area contributed by atoms with E-state index < -0.39 is 0 Å². The molecule has 0 amide bonds. The van der Waals surface area contributed by atoms with Crippen molar-refractivity contribution >= 4 is 11.6 Å². The van der Waals surface area contributed by atoms with Crippen molar-refractivity contribution in [2.75, 3.05) is 0 Å². The maximum Gasteiger partial charge on any atom is 0.187 e. The molecule has 0 saturated carbocycles. The molecule has 0 aliphatic heterocycles. The van der Waals surface area contributed by atoms with Crippen LogP contribution in [-0.4, -0.2) is 11.6 Å². The second-order valence-electron chi connectivity index (χ2n) is 4.92. The predicted octanol–water partition coefficient (Wildman–Crippen LogP) is 2.68. The first-order valence-corrected chi connectivity index (χ1v) is 6.27. The highest BCUT2D eigenvalue weighted by Crippen LogP contribution is 2.42. The van der Waals surface area contributed by atoms with Crippen LogP contribution in [-0.2, 0) is 9.59 Å². The lowest BCUT2D eigenvalue weighted by Crippen LogP contribution is -2.18. The molecule has 0 spiro atoms. The third-order valence-corrected chi connectivity index (χ3v) is 3.81. The first-order chi connectivity index (χ1) is 9.24. The molecule has 0 N–H and O–H groups in total. The Morgan fingerprint density at radius 2 is 1.84 bits per heavy atom. The van der Waals surface area contributed by atoms with Gasteiger partial charge in [0, 0.05) is 5.57 Å². The van der Waals surface area contributed by atoms with Gasteiger partial charge in [-0.25, -0.2) is 0 Å². The van der Waals surface area contributed by atoms with Crippen molar-refractivity contribution in [2.24, 2.45) is 0 Å². The van der Waals surface area contributed by atoms with Crippen molar-refractivity contribution in [1.29, 1.82) is 0 Å². The van der Waals surface area contributed by atoms with E-state index >= 15 is 0 Å². The van der Waals surface area contributed by atoms with Gasteiger partial charge in [0.05, 0.1) is 0 Å². The minimum Gasteiger partial charge on any atom is -0.290 e. The summed E-state index contributed by atoms with van der Waals surface area (Å²) in [6.07, 6.45) is 15.4. The van der Waals surface area contributed by atoms with E-state index in [2.05, 4.69) is 6.08 Å². The SMILES string of the molecule is O=C1C=CC2=C3C(=O)C=C4C=CC=C4C3=CCC2=C1. The molecule has 4 rings (SSSR count). The first kappa shape index (κ1) is 10.4. The standard InChI is InChI=1S/C17H10O2/c18-12-5-7-14-11(8-12)4-6-15-13-3-1-2-10(13)9-16(19)17(14)15/h1-3,5-9H,4H2. The highest BCUT2D eigenvalue weighted by atomic mass is 16.1. The van der Waals surface area contributed by atoms with Crippen molar-refractivity contribution < 1.29 is 9.59 Å². The highest BCUT2D eigenvalue weighted by Gasteiger charge is 2.31. The molecule has 19 heavy (non-hydrogen) atoms. The average Bonchev–Trinajstić information content (AvgIpc) is 2.86. The van der Waals surface area contributed by atoms with Crippen molar-refractivity contribution in [1.82, 2.24) is 0 Å². The van der Waals surface area contributed by atoms with E-state index in [0.29, 0.717) is 6.42 Å². The zero-order valence-corrected chi connectivity index (χ0v) is 10.1. The molecule has 0 atom stereocenters. The normalized spacial score (nSPS) is 23.4. The topological polar surface area (TPSA) is 34.1 Å². The van der Waals surface area contributed by atoms with Crippen LogP contribution in [0.2, 0.25) is 0 Å². The van der Waals surface area contributed by atoms with Gasteiger partial charge in [0.2, 0.25) is 0 Å². The Morgan fingerprint density at radius 3 is 2.74 bits per heavy atom. The number of carbonyl (C=O) groups excluding carboxylic acids is 2. The van der Waals surface area contributed by atoms with Crippen molar-refractivity contribution in [3.8, 4) is 0 Å². The molecule has 0 heterocycles. The summed E-state index contributed by atoms with van der Waals surface area (Å²) in [4.78, 5) is 23.7. The summed E-state index contributed by atoms with van der Waals surface area (Å²) >= 11 is 0. The first-order valence-electron chi connectivity index (χ1n) is 6.27. The molecule has 0 aromatic heterocycles. The maximum absolute atomic E-state index is 12.3. The summed E-state index contributed by atoms with van der Waals surface area (Å²) in [5.41, 5.74) is 5.71. The zero-order chi connectivity index (χ0) is 13.0. The molecule has 0 fully saturated rings. The molecule has 2 nitrogen and oxygen atoms in total. The van der Waals surface area contributed by atoms with Gasteiger partial charge in [-0.05, 0) is 52.5 Å². The molecule has 0 saturated heterocycles. The van der Waals surface area contributed by atoms with Crippen LogP contribution in [0, 0.1) is 0 Å². The number of allylic oxidation sites excluding steroid dienone is 14. The minimum absolute atomic E-state index is 0.00237. The van der Waals surface area contributed by atoms with E-state index in [1.807, 2.05) is 18.2 Å². The van der Waals surface area contributed by atoms with E-state index in [1.54, 1.807) is 18.2 Å². The molecule has 0 aromatic carbocycles. The van der Waals surface area contributed by atoms with Gasteiger partial charge in [0.25, 0.3) is 0 Å². The van der Waals surface area contributed by atoms with Crippen molar-refractivity contribution in [3.05, 3.63) is 82.0 Å². The molecule has 90 valence electrons. The van der Waals surface area contributed by atoms with Crippen molar-refractivity contribution in [2.45, 2.75) is 6.42 Å². The van der Waals surface area contributed by atoms with Crippen molar-refractivity contribution in [3.63, 3.8) is 0 Å². The van der Waals surface area contributed by atoms with Crippen LogP contribution in [0.3, 0.4) is 0 Å². The van der Waals surface area contributed by atoms with E-state index in [1.165, 1.54) is 6.08 Å². The number of fused-ring (bicyclic) bond motifs is 4. The lowest BCUT2D eigenvalue weighted by Gasteiger charge is -2.26. The Hall–Kier alpha value is -2.48. The van der Waals surface area contributed by atoms with Gasteiger partial charge in [-0.1, -0.05) is 30.4 Å². The number of ketones is 2. The summed E-state index contributed by atoms with van der Waals surface area (Å²) in [5, 5.41) is 0. The number of hydrogen-bond donors (Lipinski definition) is 0. The number of carbonyl (C=O) groups is 2. The third-order valence-electron chi connectivity index (χ3n) is 3.81. The zero-order valence-electron chi connectivity index (χ0n) is 10.1. The molecule has 2 heteroatoms. The molecular formula is C17H10O2. The Morgan fingerprint density at radius 1 is 0.947 bits per heavy atom. The highest BCUT2D eigenvalue weighted by molar-refractivity contribution is 6.15. The van der Waals surface area contributed by atoms with Gasteiger partial charge in [-0.3, -0.25) is 9.59 Å². The van der Waals surface area contributed by atoms with Crippen LogP contribution >= 0.6 is 0 Å². The number of rotatable bonds is 0. The lowest BCUT2D eigenvalue weighted by atomic mass is 9.76. The monoisotopic (exact) mass is 246 g/mol. The molecule has 0 radical (unpaired) electrons. The van der Waals surface area contributed by atoms with Gasteiger partial charge >= 0.3 is 0 Å². The quantitative estimate of drug-likeness (QED) is 0.658. The summed E-state index contributed by atoms with van der Waals surface area (Å²) in [6, 6.07) is 0. The number of hydrogen-bond acceptors (Lipinski definition) is 2. The largest absolute Gasteiger partial charge is 0.290 e. The van der Waals surface area contributed by atoms with Crippen LogP contribution in [0.25, 0.3) is 0 Å². The fourth-order valence-electron chi connectivity index (χ4n) is 2.97. The van der Waals surface area contributed by atoms with Gasteiger partial charge in [-0.15, -0.1) is 0 Å². The van der Waals surface area contributed by atoms with Gasteiger partial charge in [-0.2, -0.15) is 0 Å². The van der Waals surface area contributed by atoms with Gasteiger partial charge in [0.15, 0.2) is 11.6 Å². The summed E-state index contributed by atoms with van der Waals surface area (Å²) < 4.78 is 0.